The van der Waals surface area contributed by atoms with Crippen molar-refractivity contribution in [3.8, 4) is 0 Å². The maximum atomic E-state index is 12.2. The molecule has 0 radical (unpaired) electrons. The Bertz CT molecular complexity index is 168. The van der Waals surface area contributed by atoms with Crippen molar-refractivity contribution in [3.05, 3.63) is 0 Å². The van der Waals surface area contributed by atoms with Gasteiger partial charge in [0.1, 0.15) is 0 Å². The third-order valence-corrected chi connectivity index (χ3v) is 2.11. The molecule has 0 aliphatic heterocycles. The highest BCUT2D eigenvalue weighted by Crippen LogP contribution is 2.35. The Morgan fingerprint density at radius 2 is 1.47 bits per heavy atom. The van der Waals surface area contributed by atoms with Crippen LogP contribution >= 0.6 is 0 Å². The Kier molecular flexibility index (Phi) is 5.45. The molecule has 0 saturated heterocycles. The summed E-state index contributed by atoms with van der Waals surface area (Å²) in [7, 11) is 0. The lowest BCUT2D eigenvalue weighted by atomic mass is 9.96. The van der Waals surface area contributed by atoms with Gasteiger partial charge in [-0.05, 0) is 19.3 Å². The van der Waals surface area contributed by atoms with Crippen LogP contribution in [0.2, 0.25) is 0 Å². The first-order chi connectivity index (χ1) is 6.67. The maximum Gasteiger partial charge on any atom is 0.391 e. The van der Waals surface area contributed by atoms with Crippen LogP contribution in [0.5, 0.6) is 0 Å². The summed E-state index contributed by atoms with van der Waals surface area (Å²) in [6, 6.07) is 0. The highest BCUT2D eigenvalue weighted by atomic mass is 19.4. The smallest absolute Gasteiger partial charge is 0.171 e. The summed E-state index contributed by atoms with van der Waals surface area (Å²) >= 11 is 0. The molecule has 1 atom stereocenters. The fraction of sp³-hybridized carbons (Fsp3) is 1.00. The quantitative estimate of drug-likeness (QED) is 0.607. The van der Waals surface area contributed by atoms with Crippen LogP contribution in [0.4, 0.5) is 26.3 Å². The number of rotatable bonds is 5. The van der Waals surface area contributed by atoms with E-state index in [1.807, 2.05) is 0 Å². The average molecular weight is 236 g/mol. The molecule has 0 bridgehead atoms. The Morgan fingerprint density at radius 1 is 0.933 bits per heavy atom. The number of alkyl halides is 6. The molecule has 0 N–H and O–H groups in total. The molecule has 0 amide bonds. The molecular formula is C9H14F6. The second-order valence-electron chi connectivity index (χ2n) is 3.53. The SMILES string of the molecule is CCCC(CCCC(F)(F)F)C(F)(F)F. The van der Waals surface area contributed by atoms with Gasteiger partial charge >= 0.3 is 12.4 Å². The van der Waals surface area contributed by atoms with Gasteiger partial charge in [-0.1, -0.05) is 13.3 Å². The number of hydrogen-bond acceptors (Lipinski definition) is 0. The summed E-state index contributed by atoms with van der Waals surface area (Å²) in [5.74, 6) is -1.59. The lowest BCUT2D eigenvalue weighted by Gasteiger charge is -2.19. The van der Waals surface area contributed by atoms with Crippen molar-refractivity contribution in [2.24, 2.45) is 5.92 Å². The lowest BCUT2D eigenvalue weighted by Crippen LogP contribution is -2.23. The second-order valence-corrected chi connectivity index (χ2v) is 3.53. The Labute approximate surface area is 84.7 Å². The standard InChI is InChI=1S/C9H14F6/c1-2-4-7(9(13,14)15)5-3-6-8(10,11)12/h7H,2-6H2,1H3. The third kappa shape index (κ3) is 7.50. The molecule has 0 aromatic heterocycles. The molecule has 0 heterocycles. The Morgan fingerprint density at radius 3 is 1.80 bits per heavy atom. The van der Waals surface area contributed by atoms with E-state index in [4.69, 9.17) is 0 Å². The highest BCUT2D eigenvalue weighted by Gasteiger charge is 2.39. The normalized spacial score (nSPS) is 15.4. The van der Waals surface area contributed by atoms with E-state index in [9.17, 15) is 26.3 Å². The van der Waals surface area contributed by atoms with E-state index in [0.29, 0.717) is 6.42 Å². The monoisotopic (exact) mass is 236 g/mol. The minimum absolute atomic E-state index is 0.0959. The van der Waals surface area contributed by atoms with Crippen LogP contribution in [0.15, 0.2) is 0 Å². The van der Waals surface area contributed by atoms with E-state index in [0.717, 1.165) is 0 Å². The van der Waals surface area contributed by atoms with Gasteiger partial charge in [-0.3, -0.25) is 0 Å². The molecule has 0 nitrogen and oxygen atoms in total. The average Bonchev–Trinajstić information content (AvgIpc) is 1.98. The molecule has 0 aliphatic carbocycles. The second kappa shape index (κ2) is 5.61. The van der Waals surface area contributed by atoms with Crippen molar-refractivity contribution in [1.82, 2.24) is 0 Å². The first-order valence-electron chi connectivity index (χ1n) is 4.80. The van der Waals surface area contributed by atoms with Crippen LogP contribution in [-0.2, 0) is 0 Å². The summed E-state index contributed by atoms with van der Waals surface area (Å²) in [4.78, 5) is 0. The topological polar surface area (TPSA) is 0 Å². The maximum absolute atomic E-state index is 12.2. The molecule has 15 heavy (non-hydrogen) atoms. The first-order valence-corrected chi connectivity index (χ1v) is 4.80. The molecule has 0 aromatic carbocycles. The van der Waals surface area contributed by atoms with Gasteiger partial charge in [0.2, 0.25) is 0 Å². The van der Waals surface area contributed by atoms with E-state index in [1.54, 1.807) is 6.92 Å². The summed E-state index contributed by atoms with van der Waals surface area (Å²) < 4.78 is 71.9. The zero-order valence-corrected chi connectivity index (χ0v) is 8.38. The molecule has 0 spiro atoms. The molecule has 0 fully saturated rings. The summed E-state index contributed by atoms with van der Waals surface area (Å²) in [5.41, 5.74) is 0. The zero-order chi connectivity index (χ0) is 12.1. The van der Waals surface area contributed by atoms with Gasteiger partial charge in [-0.15, -0.1) is 0 Å². The molecule has 0 saturated carbocycles. The van der Waals surface area contributed by atoms with E-state index in [1.165, 1.54) is 0 Å². The van der Waals surface area contributed by atoms with Gasteiger partial charge in [-0.25, -0.2) is 0 Å². The van der Waals surface area contributed by atoms with E-state index in [2.05, 4.69) is 0 Å². The molecule has 0 aromatic rings. The highest BCUT2D eigenvalue weighted by molar-refractivity contribution is 4.68. The van der Waals surface area contributed by atoms with E-state index >= 15 is 0 Å². The summed E-state index contributed by atoms with van der Waals surface area (Å²) in [6.45, 7) is 1.59. The predicted molar refractivity (Wildman–Crippen MR) is 44.4 cm³/mol. The van der Waals surface area contributed by atoms with E-state index in [-0.39, 0.29) is 6.42 Å². The first kappa shape index (κ1) is 14.6. The van der Waals surface area contributed by atoms with Gasteiger partial charge in [0.25, 0.3) is 0 Å². The third-order valence-electron chi connectivity index (χ3n) is 2.11. The molecule has 92 valence electrons. The van der Waals surface area contributed by atoms with Crippen LogP contribution in [0.3, 0.4) is 0 Å². The minimum Gasteiger partial charge on any atom is -0.171 e. The minimum atomic E-state index is -4.37. The van der Waals surface area contributed by atoms with Gasteiger partial charge < -0.3 is 0 Å². The largest absolute Gasteiger partial charge is 0.391 e. The summed E-state index contributed by atoms with van der Waals surface area (Å²) in [5, 5.41) is 0. The van der Waals surface area contributed by atoms with Gasteiger partial charge in [-0.2, -0.15) is 26.3 Å². The Balaban J connectivity index is 3.98. The van der Waals surface area contributed by atoms with Crippen molar-refractivity contribution < 1.29 is 26.3 Å². The Hall–Kier alpha value is -0.420. The molecule has 0 rings (SSSR count). The van der Waals surface area contributed by atoms with E-state index < -0.39 is 37.5 Å². The van der Waals surface area contributed by atoms with Gasteiger partial charge in [0, 0.05) is 6.42 Å². The van der Waals surface area contributed by atoms with Crippen molar-refractivity contribution in [2.75, 3.05) is 0 Å². The molecular weight excluding hydrogens is 222 g/mol. The molecule has 0 aliphatic rings. The zero-order valence-electron chi connectivity index (χ0n) is 8.38. The van der Waals surface area contributed by atoms with Gasteiger partial charge in [0.15, 0.2) is 0 Å². The fourth-order valence-corrected chi connectivity index (χ4v) is 1.37. The van der Waals surface area contributed by atoms with Crippen molar-refractivity contribution in [3.63, 3.8) is 0 Å². The predicted octanol–water partition coefficient (Wildman–Crippen LogP) is 4.70. The van der Waals surface area contributed by atoms with Crippen LogP contribution in [0.25, 0.3) is 0 Å². The van der Waals surface area contributed by atoms with Gasteiger partial charge in [0.05, 0.1) is 5.92 Å². The summed E-state index contributed by atoms with van der Waals surface area (Å²) in [6.07, 6.45) is -10.5. The fourth-order valence-electron chi connectivity index (χ4n) is 1.37. The number of halogens is 6. The van der Waals surface area contributed by atoms with Crippen molar-refractivity contribution >= 4 is 0 Å². The van der Waals surface area contributed by atoms with Crippen LogP contribution in [0.1, 0.15) is 39.0 Å². The lowest BCUT2D eigenvalue weighted by molar-refractivity contribution is -0.182. The van der Waals surface area contributed by atoms with Crippen LogP contribution < -0.4 is 0 Å². The van der Waals surface area contributed by atoms with Crippen molar-refractivity contribution in [1.29, 1.82) is 0 Å². The number of hydrogen-bond donors (Lipinski definition) is 0. The van der Waals surface area contributed by atoms with Crippen LogP contribution in [0, 0.1) is 5.92 Å². The van der Waals surface area contributed by atoms with Crippen LogP contribution in [-0.4, -0.2) is 12.4 Å². The molecule has 1 unspecified atom stereocenters. The molecule has 6 heteroatoms. The van der Waals surface area contributed by atoms with Crippen molar-refractivity contribution in [2.45, 2.75) is 51.4 Å².